The molecule has 0 saturated carbocycles. The van der Waals surface area contributed by atoms with E-state index in [1.165, 1.54) is 4.68 Å². The molecule has 146 valence electrons. The van der Waals surface area contributed by atoms with Gasteiger partial charge < -0.3 is 4.74 Å². The first-order chi connectivity index (χ1) is 13.3. The Morgan fingerprint density at radius 3 is 2.96 bits per heavy atom. The van der Waals surface area contributed by atoms with Crippen molar-refractivity contribution in [2.75, 3.05) is 0 Å². The third-order valence-corrected chi connectivity index (χ3v) is 5.85. The zero-order valence-electron chi connectivity index (χ0n) is 16.6. The topological polar surface area (TPSA) is 69.4 Å². The molecule has 3 aromatic heterocycles. The van der Waals surface area contributed by atoms with Crippen LogP contribution < -0.4 is 5.56 Å². The Morgan fingerprint density at radius 1 is 1.43 bits per heavy atom. The molecule has 0 bridgehead atoms. The molecule has 0 saturated heterocycles. The van der Waals surface area contributed by atoms with Crippen molar-refractivity contribution >= 4 is 27.8 Å². The van der Waals surface area contributed by atoms with Gasteiger partial charge in [-0.1, -0.05) is 19.9 Å². The Morgan fingerprint density at radius 2 is 2.25 bits per heavy atom. The zero-order valence-corrected chi connectivity index (χ0v) is 17.4. The molecule has 6 nitrogen and oxygen atoms in total. The number of hydrogen-bond donors (Lipinski definition) is 0. The summed E-state index contributed by atoms with van der Waals surface area (Å²) in [6, 6.07) is 3.75. The summed E-state index contributed by atoms with van der Waals surface area (Å²) in [6.07, 6.45) is 6.48. The molecule has 28 heavy (non-hydrogen) atoms. The number of nitrogens with zero attached hydrogens (tertiary/aromatic N) is 4. The highest BCUT2D eigenvalue weighted by atomic mass is 32.1. The molecule has 0 N–H and O–H groups in total. The van der Waals surface area contributed by atoms with Gasteiger partial charge in [0.25, 0.3) is 5.56 Å². The van der Waals surface area contributed by atoms with Crippen LogP contribution in [0.4, 0.5) is 0 Å². The first kappa shape index (κ1) is 19.0. The van der Waals surface area contributed by atoms with Crippen LogP contribution in [-0.2, 0) is 24.2 Å². The van der Waals surface area contributed by atoms with E-state index < -0.39 is 0 Å². The van der Waals surface area contributed by atoms with Gasteiger partial charge in [0.1, 0.15) is 10.7 Å². The number of rotatable bonds is 4. The predicted octanol–water partition coefficient (Wildman–Crippen LogP) is 3.79. The molecular weight excluding hydrogens is 372 g/mol. The third-order valence-electron chi connectivity index (χ3n) is 4.75. The lowest BCUT2D eigenvalue weighted by atomic mass is 9.94. The number of pyridine rings is 1. The van der Waals surface area contributed by atoms with E-state index in [9.17, 15) is 4.79 Å². The summed E-state index contributed by atoms with van der Waals surface area (Å²) < 4.78 is 7.39. The highest BCUT2D eigenvalue weighted by Gasteiger charge is 2.31. The summed E-state index contributed by atoms with van der Waals surface area (Å²) in [5.41, 5.74) is 1.52. The lowest BCUT2D eigenvalue weighted by Gasteiger charge is -2.29. The van der Waals surface area contributed by atoms with E-state index in [1.807, 2.05) is 12.1 Å². The SMILES string of the molecule is CC(C)Cc1nc2sc3c(c2c(=O)n1/N=C\c1cccnc1)CC(C)(C)OC3. The maximum Gasteiger partial charge on any atom is 0.283 e. The van der Waals surface area contributed by atoms with Crippen molar-refractivity contribution in [2.45, 2.75) is 52.7 Å². The smallest absolute Gasteiger partial charge is 0.283 e. The average Bonchev–Trinajstić information content (AvgIpc) is 2.98. The Kier molecular flexibility index (Phi) is 4.89. The van der Waals surface area contributed by atoms with E-state index in [0.29, 0.717) is 36.6 Å². The minimum absolute atomic E-state index is 0.101. The molecule has 0 amide bonds. The molecule has 0 unspecified atom stereocenters. The Labute approximate surface area is 167 Å². The van der Waals surface area contributed by atoms with E-state index >= 15 is 0 Å². The van der Waals surface area contributed by atoms with Crippen molar-refractivity contribution in [3.8, 4) is 0 Å². The third kappa shape index (κ3) is 3.64. The fraction of sp³-hybridized carbons (Fsp3) is 0.429. The number of ether oxygens (including phenoxy) is 1. The Hall–Kier alpha value is -2.38. The van der Waals surface area contributed by atoms with Crippen molar-refractivity contribution in [3.05, 3.63) is 56.7 Å². The van der Waals surface area contributed by atoms with Crippen LogP contribution in [0.15, 0.2) is 34.4 Å². The molecule has 0 atom stereocenters. The molecule has 4 rings (SSSR count). The molecule has 4 heterocycles. The lowest BCUT2D eigenvalue weighted by molar-refractivity contribution is -0.0379. The zero-order chi connectivity index (χ0) is 19.9. The van der Waals surface area contributed by atoms with Crippen LogP contribution in [0.25, 0.3) is 10.2 Å². The van der Waals surface area contributed by atoms with Gasteiger partial charge in [-0.05, 0) is 31.4 Å². The quantitative estimate of drug-likeness (QED) is 0.629. The van der Waals surface area contributed by atoms with Crippen molar-refractivity contribution in [1.29, 1.82) is 0 Å². The molecular formula is C21H24N4O2S. The first-order valence-corrected chi connectivity index (χ1v) is 10.3. The average molecular weight is 397 g/mol. The summed E-state index contributed by atoms with van der Waals surface area (Å²) in [4.78, 5) is 24.3. The van der Waals surface area contributed by atoms with E-state index in [4.69, 9.17) is 9.72 Å². The second-order valence-electron chi connectivity index (χ2n) is 8.18. The Bertz CT molecular complexity index is 1100. The fourth-order valence-electron chi connectivity index (χ4n) is 3.42. The van der Waals surface area contributed by atoms with Crippen LogP contribution in [0.2, 0.25) is 0 Å². The number of fused-ring (bicyclic) bond motifs is 3. The van der Waals surface area contributed by atoms with Crippen LogP contribution in [0.1, 0.15) is 49.5 Å². The van der Waals surface area contributed by atoms with Gasteiger partial charge in [-0.25, -0.2) is 4.98 Å². The minimum Gasteiger partial charge on any atom is -0.370 e. The van der Waals surface area contributed by atoms with Gasteiger partial charge in [0.05, 0.1) is 23.8 Å². The molecule has 1 aliphatic heterocycles. The van der Waals surface area contributed by atoms with Crippen molar-refractivity contribution in [2.24, 2.45) is 11.0 Å². The van der Waals surface area contributed by atoms with Gasteiger partial charge in [0.2, 0.25) is 0 Å². The lowest BCUT2D eigenvalue weighted by Crippen LogP contribution is -2.32. The van der Waals surface area contributed by atoms with Gasteiger partial charge in [-0.2, -0.15) is 9.78 Å². The standard InChI is InChI=1S/C21H24N4O2S/c1-13(2)8-17-24-19-18(15-9-21(3,4)27-12-16(15)28-19)20(26)25(17)23-11-14-6-5-7-22-10-14/h5-7,10-11,13H,8-9,12H2,1-4H3/b23-11-. The summed E-state index contributed by atoms with van der Waals surface area (Å²) >= 11 is 1.57. The first-order valence-electron chi connectivity index (χ1n) is 9.48. The minimum atomic E-state index is -0.284. The van der Waals surface area contributed by atoms with Gasteiger partial charge in [0, 0.05) is 35.7 Å². The van der Waals surface area contributed by atoms with Crippen molar-refractivity contribution < 1.29 is 4.74 Å². The van der Waals surface area contributed by atoms with Gasteiger partial charge in [-0.15, -0.1) is 11.3 Å². The number of hydrogen-bond acceptors (Lipinski definition) is 6. The van der Waals surface area contributed by atoms with Crippen LogP contribution in [-0.4, -0.2) is 26.5 Å². The molecule has 0 aliphatic carbocycles. The van der Waals surface area contributed by atoms with Crippen molar-refractivity contribution in [3.63, 3.8) is 0 Å². The molecule has 0 spiro atoms. The number of aromatic nitrogens is 3. The summed E-state index contributed by atoms with van der Waals surface area (Å²) in [6.45, 7) is 8.86. The van der Waals surface area contributed by atoms with E-state index in [-0.39, 0.29) is 11.2 Å². The van der Waals surface area contributed by atoms with E-state index in [1.54, 1.807) is 29.9 Å². The maximum absolute atomic E-state index is 13.5. The summed E-state index contributed by atoms with van der Waals surface area (Å²) in [5, 5.41) is 5.18. The highest BCUT2D eigenvalue weighted by Crippen LogP contribution is 2.37. The van der Waals surface area contributed by atoms with Crippen LogP contribution in [0, 0.1) is 5.92 Å². The predicted molar refractivity (Wildman–Crippen MR) is 112 cm³/mol. The monoisotopic (exact) mass is 396 g/mol. The Balaban J connectivity index is 1.90. The molecule has 3 aromatic rings. The van der Waals surface area contributed by atoms with Gasteiger partial charge >= 0.3 is 0 Å². The van der Waals surface area contributed by atoms with E-state index in [0.717, 1.165) is 20.8 Å². The second-order valence-corrected chi connectivity index (χ2v) is 9.27. The van der Waals surface area contributed by atoms with E-state index in [2.05, 4.69) is 37.8 Å². The fourth-order valence-corrected chi connectivity index (χ4v) is 4.53. The number of thiophene rings is 1. The van der Waals surface area contributed by atoms with Crippen LogP contribution in [0.5, 0.6) is 0 Å². The van der Waals surface area contributed by atoms with Crippen molar-refractivity contribution in [1.82, 2.24) is 14.6 Å². The molecule has 0 fully saturated rings. The van der Waals surface area contributed by atoms with Gasteiger partial charge in [-0.3, -0.25) is 9.78 Å². The maximum atomic E-state index is 13.5. The molecule has 0 radical (unpaired) electrons. The molecule has 1 aliphatic rings. The summed E-state index contributed by atoms with van der Waals surface area (Å²) in [5.74, 6) is 1.05. The normalized spacial score (nSPS) is 16.2. The second kappa shape index (κ2) is 7.22. The van der Waals surface area contributed by atoms with Crippen LogP contribution in [0.3, 0.4) is 0 Å². The summed E-state index contributed by atoms with van der Waals surface area (Å²) in [7, 11) is 0. The highest BCUT2D eigenvalue weighted by molar-refractivity contribution is 7.18. The van der Waals surface area contributed by atoms with Gasteiger partial charge in [0.15, 0.2) is 0 Å². The molecule has 0 aromatic carbocycles. The van der Waals surface area contributed by atoms with Crippen LogP contribution >= 0.6 is 11.3 Å². The largest absolute Gasteiger partial charge is 0.370 e. The molecule has 7 heteroatoms.